The predicted molar refractivity (Wildman–Crippen MR) is 71.2 cm³/mol. The molecule has 0 aliphatic heterocycles. The molecule has 0 unspecified atom stereocenters. The second kappa shape index (κ2) is 6.46. The van der Waals surface area contributed by atoms with Crippen LogP contribution in [0.15, 0.2) is 6.07 Å². The number of nitro groups is 1. The molecule has 0 aromatic carbocycles. The number of thiophene rings is 1. The summed E-state index contributed by atoms with van der Waals surface area (Å²) in [6.45, 7) is 6.93. The minimum atomic E-state index is -0.468. The van der Waals surface area contributed by atoms with E-state index in [1.54, 1.807) is 6.92 Å². The van der Waals surface area contributed by atoms with E-state index in [9.17, 15) is 14.9 Å². The molecule has 0 saturated heterocycles. The average Bonchev–Trinajstić information content (AvgIpc) is 2.69. The lowest BCUT2D eigenvalue weighted by Crippen LogP contribution is -2.38. The fourth-order valence-electron chi connectivity index (χ4n) is 1.52. The first kappa shape index (κ1) is 14.6. The minimum absolute atomic E-state index is 0.00452. The molecule has 0 radical (unpaired) electrons. The van der Waals surface area contributed by atoms with Crippen LogP contribution < -0.4 is 10.6 Å². The average molecular weight is 271 g/mol. The first-order valence-electron chi connectivity index (χ1n) is 5.72. The number of likely N-dealkylation sites (N-methyl/N-ethyl adjacent to an activating group) is 1. The van der Waals surface area contributed by atoms with Crippen molar-refractivity contribution in [2.75, 3.05) is 13.1 Å². The maximum atomic E-state index is 11.8. The Morgan fingerprint density at radius 3 is 2.78 bits per heavy atom. The van der Waals surface area contributed by atoms with E-state index >= 15 is 0 Å². The molecule has 0 spiro atoms. The lowest BCUT2D eigenvalue weighted by Gasteiger charge is -2.12. The molecule has 6 nitrogen and oxygen atoms in total. The summed E-state index contributed by atoms with van der Waals surface area (Å²) in [6.07, 6.45) is 0. The van der Waals surface area contributed by atoms with Crippen LogP contribution in [0.4, 0.5) is 5.69 Å². The van der Waals surface area contributed by atoms with Gasteiger partial charge in [0.2, 0.25) is 0 Å². The summed E-state index contributed by atoms with van der Waals surface area (Å²) >= 11 is 1.14. The first-order valence-corrected chi connectivity index (χ1v) is 6.53. The van der Waals surface area contributed by atoms with Gasteiger partial charge < -0.3 is 10.6 Å². The molecule has 1 aromatic rings. The highest BCUT2D eigenvalue weighted by atomic mass is 32.1. The second-order valence-electron chi connectivity index (χ2n) is 3.98. The highest BCUT2D eigenvalue weighted by Crippen LogP contribution is 2.27. The molecular weight excluding hydrogens is 254 g/mol. The second-order valence-corrected chi connectivity index (χ2v) is 5.23. The SMILES string of the molecule is CCN[C@H](C)CNC(=O)c1cc([N+](=O)[O-])c(C)s1. The molecule has 1 heterocycles. The van der Waals surface area contributed by atoms with Crippen LogP contribution >= 0.6 is 11.3 Å². The van der Waals surface area contributed by atoms with Crippen LogP contribution in [-0.2, 0) is 0 Å². The molecule has 0 aliphatic rings. The third kappa shape index (κ3) is 3.78. The topological polar surface area (TPSA) is 84.3 Å². The molecule has 7 heteroatoms. The van der Waals surface area contributed by atoms with Crippen molar-refractivity contribution in [2.24, 2.45) is 0 Å². The van der Waals surface area contributed by atoms with Gasteiger partial charge in [0, 0.05) is 18.7 Å². The minimum Gasteiger partial charge on any atom is -0.350 e. The van der Waals surface area contributed by atoms with Crippen molar-refractivity contribution >= 4 is 22.9 Å². The molecule has 1 aromatic heterocycles. The highest BCUT2D eigenvalue weighted by Gasteiger charge is 2.19. The molecule has 0 saturated carbocycles. The van der Waals surface area contributed by atoms with Crippen LogP contribution in [0.2, 0.25) is 0 Å². The number of rotatable bonds is 6. The van der Waals surface area contributed by atoms with E-state index < -0.39 is 4.92 Å². The van der Waals surface area contributed by atoms with Gasteiger partial charge in [-0.3, -0.25) is 14.9 Å². The summed E-state index contributed by atoms with van der Waals surface area (Å²) in [7, 11) is 0. The maximum Gasteiger partial charge on any atom is 0.283 e. The van der Waals surface area contributed by atoms with Gasteiger partial charge in [0.15, 0.2) is 0 Å². The maximum absolute atomic E-state index is 11.8. The predicted octanol–water partition coefficient (Wildman–Crippen LogP) is 1.69. The van der Waals surface area contributed by atoms with Crippen LogP contribution in [0.1, 0.15) is 28.4 Å². The van der Waals surface area contributed by atoms with Crippen molar-refractivity contribution in [3.8, 4) is 0 Å². The van der Waals surface area contributed by atoms with E-state index in [0.29, 0.717) is 16.3 Å². The van der Waals surface area contributed by atoms with Gasteiger partial charge >= 0.3 is 0 Å². The Kier molecular flexibility index (Phi) is 5.24. The Labute approximate surface area is 110 Å². The molecule has 2 N–H and O–H groups in total. The monoisotopic (exact) mass is 271 g/mol. The zero-order chi connectivity index (χ0) is 13.7. The van der Waals surface area contributed by atoms with Crippen LogP contribution in [-0.4, -0.2) is 30.0 Å². The van der Waals surface area contributed by atoms with E-state index in [1.807, 2.05) is 13.8 Å². The lowest BCUT2D eigenvalue weighted by molar-refractivity contribution is -0.385. The summed E-state index contributed by atoms with van der Waals surface area (Å²) in [6, 6.07) is 1.50. The van der Waals surface area contributed by atoms with Gasteiger partial charge in [-0.2, -0.15) is 0 Å². The number of carbonyl (C=O) groups is 1. The molecule has 0 bridgehead atoms. The summed E-state index contributed by atoms with van der Waals surface area (Å²) < 4.78 is 0. The van der Waals surface area contributed by atoms with Gasteiger partial charge in [0.1, 0.15) is 0 Å². The molecule has 1 atom stereocenters. The zero-order valence-corrected chi connectivity index (χ0v) is 11.5. The van der Waals surface area contributed by atoms with Crippen molar-refractivity contribution in [1.82, 2.24) is 10.6 Å². The molecule has 0 aliphatic carbocycles. The Balaban J connectivity index is 2.62. The fourth-order valence-corrected chi connectivity index (χ4v) is 2.42. The third-order valence-corrected chi connectivity index (χ3v) is 3.47. The van der Waals surface area contributed by atoms with Crippen molar-refractivity contribution < 1.29 is 9.72 Å². The fraction of sp³-hybridized carbons (Fsp3) is 0.545. The Morgan fingerprint density at radius 1 is 1.61 bits per heavy atom. The van der Waals surface area contributed by atoms with E-state index in [-0.39, 0.29) is 17.6 Å². The van der Waals surface area contributed by atoms with Crippen molar-refractivity contribution in [1.29, 1.82) is 0 Å². The number of amides is 1. The number of hydrogen-bond donors (Lipinski definition) is 2. The summed E-state index contributed by atoms with van der Waals surface area (Å²) in [5, 5.41) is 16.6. The van der Waals surface area contributed by atoms with Gasteiger partial charge in [-0.1, -0.05) is 6.92 Å². The molecule has 0 fully saturated rings. The van der Waals surface area contributed by atoms with Crippen LogP contribution in [0.5, 0.6) is 0 Å². The normalized spacial score (nSPS) is 12.2. The van der Waals surface area contributed by atoms with E-state index in [2.05, 4.69) is 10.6 Å². The largest absolute Gasteiger partial charge is 0.350 e. The van der Waals surface area contributed by atoms with Crippen molar-refractivity contribution in [3.05, 3.63) is 25.9 Å². The van der Waals surface area contributed by atoms with Gasteiger partial charge in [-0.15, -0.1) is 11.3 Å². The molecule has 1 rings (SSSR count). The van der Waals surface area contributed by atoms with Gasteiger partial charge in [-0.05, 0) is 20.4 Å². The Hall–Kier alpha value is -1.47. The molecule has 100 valence electrons. The zero-order valence-electron chi connectivity index (χ0n) is 10.6. The smallest absolute Gasteiger partial charge is 0.283 e. The van der Waals surface area contributed by atoms with Crippen molar-refractivity contribution in [2.45, 2.75) is 26.8 Å². The quantitative estimate of drug-likeness (QED) is 0.609. The Bertz CT molecular complexity index is 445. The summed E-state index contributed by atoms with van der Waals surface area (Å²) in [5.41, 5.74) is 0.00452. The van der Waals surface area contributed by atoms with Crippen molar-refractivity contribution in [3.63, 3.8) is 0 Å². The number of carbonyl (C=O) groups excluding carboxylic acids is 1. The van der Waals surface area contributed by atoms with Crippen LogP contribution in [0.25, 0.3) is 0 Å². The lowest BCUT2D eigenvalue weighted by atomic mass is 10.3. The number of nitrogens with one attached hydrogen (secondary N) is 2. The van der Waals surface area contributed by atoms with Gasteiger partial charge in [0.25, 0.3) is 11.6 Å². The number of nitrogens with zero attached hydrogens (tertiary/aromatic N) is 1. The van der Waals surface area contributed by atoms with E-state index in [1.165, 1.54) is 6.07 Å². The van der Waals surface area contributed by atoms with Crippen LogP contribution in [0, 0.1) is 17.0 Å². The highest BCUT2D eigenvalue weighted by molar-refractivity contribution is 7.14. The molecule has 1 amide bonds. The molecule has 18 heavy (non-hydrogen) atoms. The number of aryl methyl sites for hydroxylation is 1. The first-order chi connectivity index (χ1) is 8.45. The van der Waals surface area contributed by atoms with Gasteiger partial charge in [0.05, 0.1) is 14.7 Å². The standard InChI is InChI=1S/C11H17N3O3S/c1-4-12-7(2)6-13-11(15)10-5-9(14(16)17)8(3)18-10/h5,7,12H,4,6H2,1-3H3,(H,13,15)/t7-/m1/s1. The van der Waals surface area contributed by atoms with E-state index in [0.717, 1.165) is 17.9 Å². The van der Waals surface area contributed by atoms with E-state index in [4.69, 9.17) is 0 Å². The summed E-state index contributed by atoms with van der Waals surface area (Å²) in [5.74, 6) is -0.263. The summed E-state index contributed by atoms with van der Waals surface area (Å²) in [4.78, 5) is 22.9. The van der Waals surface area contributed by atoms with Gasteiger partial charge in [-0.25, -0.2) is 0 Å². The number of hydrogen-bond acceptors (Lipinski definition) is 5. The Morgan fingerprint density at radius 2 is 2.28 bits per heavy atom. The third-order valence-electron chi connectivity index (χ3n) is 2.43. The molecular formula is C11H17N3O3S. The van der Waals surface area contributed by atoms with Crippen LogP contribution in [0.3, 0.4) is 0 Å².